The number of methoxy groups -OCH3 is 1. The molecule has 0 spiro atoms. The molecule has 1 N–H and O–H groups in total. The molecule has 1 aromatic heterocycles. The van der Waals surface area contributed by atoms with Crippen LogP contribution in [0.25, 0.3) is 11.5 Å². The SMILES string of the molecule is CCC(OC)c1noc(-c2ccc(O)cc2)n1. The fraction of sp³-hybridized carbons (Fsp3) is 0.333. The average Bonchev–Trinajstić information content (AvgIpc) is 2.81. The lowest BCUT2D eigenvalue weighted by atomic mass is 10.2. The van der Waals surface area contributed by atoms with E-state index in [0.29, 0.717) is 11.7 Å². The molecule has 2 rings (SSSR count). The molecule has 0 amide bonds. The molecule has 1 unspecified atom stereocenters. The predicted molar refractivity (Wildman–Crippen MR) is 61.4 cm³/mol. The maximum Gasteiger partial charge on any atom is 0.258 e. The van der Waals surface area contributed by atoms with Crippen molar-refractivity contribution in [2.75, 3.05) is 7.11 Å². The van der Waals surface area contributed by atoms with Crippen LogP contribution in [0.15, 0.2) is 28.8 Å². The molecule has 0 fully saturated rings. The van der Waals surface area contributed by atoms with Gasteiger partial charge in [0.25, 0.3) is 5.89 Å². The highest BCUT2D eigenvalue weighted by atomic mass is 16.5. The number of phenols is 1. The van der Waals surface area contributed by atoms with Crippen LogP contribution < -0.4 is 0 Å². The van der Waals surface area contributed by atoms with Crippen molar-refractivity contribution in [1.29, 1.82) is 0 Å². The van der Waals surface area contributed by atoms with Gasteiger partial charge in [0.05, 0.1) is 0 Å². The molecule has 90 valence electrons. The maximum absolute atomic E-state index is 9.19. The third kappa shape index (κ3) is 2.45. The van der Waals surface area contributed by atoms with Crippen LogP contribution in [0.5, 0.6) is 5.75 Å². The minimum atomic E-state index is -0.149. The summed E-state index contributed by atoms with van der Waals surface area (Å²) in [6, 6.07) is 6.60. The summed E-state index contributed by atoms with van der Waals surface area (Å²) in [6.07, 6.45) is 0.634. The van der Waals surface area contributed by atoms with Gasteiger partial charge in [-0.1, -0.05) is 12.1 Å². The summed E-state index contributed by atoms with van der Waals surface area (Å²) in [5.41, 5.74) is 0.771. The minimum absolute atomic E-state index is 0.149. The Bertz CT molecular complexity index is 475. The minimum Gasteiger partial charge on any atom is -0.508 e. The molecular weight excluding hydrogens is 220 g/mol. The molecule has 0 radical (unpaired) electrons. The molecule has 0 saturated heterocycles. The molecule has 5 heteroatoms. The maximum atomic E-state index is 9.19. The second-order valence-corrected chi connectivity index (χ2v) is 3.64. The van der Waals surface area contributed by atoms with Gasteiger partial charge in [0.1, 0.15) is 11.9 Å². The zero-order valence-electron chi connectivity index (χ0n) is 9.75. The zero-order chi connectivity index (χ0) is 12.3. The van der Waals surface area contributed by atoms with Crippen molar-refractivity contribution >= 4 is 0 Å². The summed E-state index contributed by atoms with van der Waals surface area (Å²) in [7, 11) is 1.62. The summed E-state index contributed by atoms with van der Waals surface area (Å²) in [5.74, 6) is 1.17. The van der Waals surface area contributed by atoms with E-state index in [1.807, 2.05) is 6.92 Å². The first kappa shape index (κ1) is 11.6. The average molecular weight is 234 g/mol. The van der Waals surface area contributed by atoms with Gasteiger partial charge >= 0.3 is 0 Å². The van der Waals surface area contributed by atoms with Crippen molar-refractivity contribution in [2.45, 2.75) is 19.4 Å². The Hall–Kier alpha value is -1.88. The molecule has 2 aromatic rings. The third-order valence-electron chi connectivity index (χ3n) is 2.50. The Kier molecular flexibility index (Phi) is 3.39. The first-order chi connectivity index (χ1) is 8.24. The first-order valence-corrected chi connectivity index (χ1v) is 5.40. The van der Waals surface area contributed by atoms with Gasteiger partial charge in [-0.2, -0.15) is 4.98 Å². The summed E-state index contributed by atoms with van der Waals surface area (Å²) in [4.78, 5) is 4.27. The van der Waals surface area contributed by atoms with Crippen LogP contribution in [0.1, 0.15) is 25.3 Å². The van der Waals surface area contributed by atoms with E-state index in [1.165, 1.54) is 0 Å². The van der Waals surface area contributed by atoms with Gasteiger partial charge in [0, 0.05) is 12.7 Å². The lowest BCUT2D eigenvalue weighted by molar-refractivity contribution is 0.0903. The summed E-state index contributed by atoms with van der Waals surface area (Å²) in [6.45, 7) is 1.99. The Morgan fingerprint density at radius 2 is 2.06 bits per heavy atom. The van der Waals surface area contributed by atoms with Gasteiger partial charge < -0.3 is 14.4 Å². The topological polar surface area (TPSA) is 68.4 Å². The van der Waals surface area contributed by atoms with Crippen LogP contribution in [0, 0.1) is 0 Å². The molecule has 1 heterocycles. The summed E-state index contributed by atoms with van der Waals surface area (Å²) in [5, 5.41) is 13.1. The van der Waals surface area contributed by atoms with Crippen molar-refractivity contribution in [3.8, 4) is 17.2 Å². The van der Waals surface area contributed by atoms with Crippen molar-refractivity contribution in [2.24, 2.45) is 0 Å². The second kappa shape index (κ2) is 4.97. The van der Waals surface area contributed by atoms with Crippen molar-refractivity contribution in [1.82, 2.24) is 10.1 Å². The normalized spacial score (nSPS) is 12.6. The largest absolute Gasteiger partial charge is 0.508 e. The fourth-order valence-electron chi connectivity index (χ4n) is 1.54. The molecule has 1 atom stereocenters. The molecule has 0 saturated carbocycles. The lowest BCUT2D eigenvalue weighted by Gasteiger charge is -2.05. The molecule has 0 aliphatic carbocycles. The number of hydrogen-bond donors (Lipinski definition) is 1. The summed E-state index contributed by atoms with van der Waals surface area (Å²) >= 11 is 0. The van der Waals surface area contributed by atoms with E-state index in [0.717, 1.165) is 12.0 Å². The number of aromatic hydroxyl groups is 1. The third-order valence-corrected chi connectivity index (χ3v) is 2.50. The van der Waals surface area contributed by atoms with Crippen molar-refractivity contribution in [3.05, 3.63) is 30.1 Å². The highest BCUT2D eigenvalue weighted by Gasteiger charge is 2.16. The number of hydrogen-bond acceptors (Lipinski definition) is 5. The van der Waals surface area contributed by atoms with Crippen molar-refractivity contribution in [3.63, 3.8) is 0 Å². The fourth-order valence-corrected chi connectivity index (χ4v) is 1.54. The second-order valence-electron chi connectivity index (χ2n) is 3.64. The monoisotopic (exact) mass is 234 g/mol. The van der Waals surface area contributed by atoms with Gasteiger partial charge in [0.2, 0.25) is 5.82 Å². The van der Waals surface area contributed by atoms with E-state index in [9.17, 15) is 5.11 Å². The predicted octanol–water partition coefficient (Wildman–Crippen LogP) is 2.54. The molecule has 0 bridgehead atoms. The Labute approximate surface area is 99.0 Å². The number of rotatable bonds is 4. The van der Waals surface area contributed by atoms with Crippen LogP contribution in [0.3, 0.4) is 0 Å². The number of benzene rings is 1. The van der Waals surface area contributed by atoms with E-state index in [-0.39, 0.29) is 11.9 Å². The zero-order valence-corrected chi connectivity index (χ0v) is 9.75. The molecule has 17 heavy (non-hydrogen) atoms. The number of nitrogens with zero attached hydrogens (tertiary/aromatic N) is 2. The van der Waals surface area contributed by atoms with E-state index < -0.39 is 0 Å². The smallest absolute Gasteiger partial charge is 0.258 e. The Morgan fingerprint density at radius 1 is 1.35 bits per heavy atom. The van der Waals surface area contributed by atoms with E-state index in [1.54, 1.807) is 31.4 Å². The van der Waals surface area contributed by atoms with E-state index in [2.05, 4.69) is 10.1 Å². The molecule has 0 aliphatic heterocycles. The number of ether oxygens (including phenoxy) is 1. The Balaban J connectivity index is 2.26. The van der Waals surface area contributed by atoms with Gasteiger partial charge in [-0.3, -0.25) is 0 Å². The van der Waals surface area contributed by atoms with E-state index in [4.69, 9.17) is 9.26 Å². The number of phenolic OH excluding ortho intramolecular Hbond substituents is 1. The quantitative estimate of drug-likeness (QED) is 0.880. The van der Waals surface area contributed by atoms with Gasteiger partial charge in [0.15, 0.2) is 0 Å². The van der Waals surface area contributed by atoms with Crippen LogP contribution in [0.2, 0.25) is 0 Å². The molecule has 0 aliphatic rings. The van der Waals surface area contributed by atoms with E-state index >= 15 is 0 Å². The highest BCUT2D eigenvalue weighted by molar-refractivity contribution is 5.53. The van der Waals surface area contributed by atoms with Gasteiger partial charge in [-0.15, -0.1) is 0 Å². The lowest BCUT2D eigenvalue weighted by Crippen LogP contribution is -2.01. The van der Waals surface area contributed by atoms with Gasteiger partial charge in [-0.05, 0) is 30.7 Å². The standard InChI is InChI=1S/C12H14N2O3/c1-3-10(16-2)11-13-12(17-14-11)8-4-6-9(15)7-5-8/h4-7,10,15H,3H2,1-2H3. The summed E-state index contributed by atoms with van der Waals surface area (Å²) < 4.78 is 10.4. The highest BCUT2D eigenvalue weighted by Crippen LogP contribution is 2.23. The van der Waals surface area contributed by atoms with Crippen LogP contribution in [-0.4, -0.2) is 22.4 Å². The molecular formula is C12H14N2O3. The molecule has 5 nitrogen and oxygen atoms in total. The molecule has 1 aromatic carbocycles. The van der Waals surface area contributed by atoms with Gasteiger partial charge in [-0.25, -0.2) is 0 Å². The van der Waals surface area contributed by atoms with Crippen LogP contribution in [-0.2, 0) is 4.74 Å². The van der Waals surface area contributed by atoms with Crippen molar-refractivity contribution < 1.29 is 14.4 Å². The van der Waals surface area contributed by atoms with Crippen LogP contribution >= 0.6 is 0 Å². The number of aromatic nitrogens is 2. The van der Waals surface area contributed by atoms with Crippen LogP contribution in [0.4, 0.5) is 0 Å². The first-order valence-electron chi connectivity index (χ1n) is 5.40. The Morgan fingerprint density at radius 3 is 2.65 bits per heavy atom.